The van der Waals surface area contributed by atoms with Gasteiger partial charge in [-0.1, -0.05) is 11.2 Å². The smallest absolute Gasteiger partial charge is 0.260 e. The lowest BCUT2D eigenvalue weighted by Gasteiger charge is -1.97. The number of nitrogens with zero attached hydrogens (tertiary/aromatic N) is 2. The monoisotopic (exact) mass is 276 g/mol. The molecule has 0 atom stereocenters. The van der Waals surface area contributed by atoms with Crippen molar-refractivity contribution < 1.29 is 14.0 Å². The highest BCUT2D eigenvalue weighted by Crippen LogP contribution is 2.25. The Balaban J connectivity index is 1.88. The van der Waals surface area contributed by atoms with Crippen molar-refractivity contribution in [3.05, 3.63) is 52.2 Å². The Kier molecular flexibility index (Phi) is 3.00. The van der Waals surface area contributed by atoms with Gasteiger partial charge in [-0.15, -0.1) is 11.3 Å². The van der Waals surface area contributed by atoms with E-state index in [1.54, 1.807) is 11.3 Å². The number of phenols is 1. The molecule has 3 rings (SSSR count). The van der Waals surface area contributed by atoms with Crippen molar-refractivity contribution in [3.8, 4) is 17.2 Å². The molecule has 4 nitrogen and oxygen atoms in total. The molecule has 0 spiro atoms. The van der Waals surface area contributed by atoms with E-state index in [9.17, 15) is 4.39 Å². The molecule has 0 aliphatic heterocycles. The minimum absolute atomic E-state index is 0.115. The number of benzene rings is 1. The lowest BCUT2D eigenvalue weighted by Crippen LogP contribution is -1.88. The van der Waals surface area contributed by atoms with E-state index in [0.717, 1.165) is 10.9 Å². The maximum atomic E-state index is 13.6. The summed E-state index contributed by atoms with van der Waals surface area (Å²) >= 11 is 1.60. The van der Waals surface area contributed by atoms with Crippen molar-refractivity contribution in [2.24, 2.45) is 0 Å². The number of rotatable bonds is 3. The van der Waals surface area contributed by atoms with Crippen LogP contribution >= 0.6 is 11.3 Å². The molecule has 0 bridgehead atoms. The van der Waals surface area contributed by atoms with Crippen LogP contribution in [0.3, 0.4) is 0 Å². The van der Waals surface area contributed by atoms with Gasteiger partial charge in [0.25, 0.3) is 5.89 Å². The van der Waals surface area contributed by atoms with Gasteiger partial charge in [0, 0.05) is 17.4 Å². The van der Waals surface area contributed by atoms with Crippen molar-refractivity contribution >= 4 is 11.3 Å². The summed E-state index contributed by atoms with van der Waals surface area (Å²) in [6.07, 6.45) is 0.556. The van der Waals surface area contributed by atoms with E-state index in [0.29, 0.717) is 12.2 Å². The van der Waals surface area contributed by atoms with Gasteiger partial charge in [-0.05, 0) is 23.6 Å². The number of aromatic hydroxyl groups is 1. The number of hydrogen-bond donors (Lipinski definition) is 1. The zero-order valence-electron chi connectivity index (χ0n) is 9.71. The first-order chi connectivity index (χ1) is 9.22. The molecule has 6 heteroatoms. The molecule has 2 heterocycles. The average molecular weight is 276 g/mol. The van der Waals surface area contributed by atoms with Crippen LogP contribution < -0.4 is 0 Å². The third-order valence-corrected chi connectivity index (χ3v) is 3.44. The van der Waals surface area contributed by atoms with E-state index in [-0.39, 0.29) is 17.2 Å². The van der Waals surface area contributed by atoms with Crippen LogP contribution in [0.15, 0.2) is 40.2 Å². The zero-order valence-corrected chi connectivity index (χ0v) is 10.5. The van der Waals surface area contributed by atoms with Crippen LogP contribution in [0.2, 0.25) is 0 Å². The largest absolute Gasteiger partial charge is 0.508 e. The molecule has 0 aliphatic rings. The fourth-order valence-electron chi connectivity index (χ4n) is 1.68. The van der Waals surface area contributed by atoms with Gasteiger partial charge in [-0.25, -0.2) is 4.39 Å². The number of halogens is 1. The Bertz CT molecular complexity index is 694. The van der Waals surface area contributed by atoms with Crippen molar-refractivity contribution in [1.29, 1.82) is 0 Å². The van der Waals surface area contributed by atoms with Crippen molar-refractivity contribution in [1.82, 2.24) is 10.1 Å². The predicted octanol–water partition coefficient (Wildman–Crippen LogP) is 3.23. The first kappa shape index (κ1) is 11.9. The second-order valence-corrected chi connectivity index (χ2v) is 4.97. The summed E-state index contributed by atoms with van der Waals surface area (Å²) in [4.78, 5) is 5.26. The Hall–Kier alpha value is -2.21. The molecule has 2 aromatic heterocycles. The van der Waals surface area contributed by atoms with Crippen molar-refractivity contribution in [2.75, 3.05) is 0 Å². The highest BCUT2D eigenvalue weighted by molar-refractivity contribution is 7.09. The minimum atomic E-state index is -0.591. The summed E-state index contributed by atoms with van der Waals surface area (Å²) in [5, 5.41) is 14.9. The molecule has 0 saturated carbocycles. The Labute approximate surface area is 112 Å². The van der Waals surface area contributed by atoms with E-state index >= 15 is 0 Å². The Morgan fingerprint density at radius 2 is 2.21 bits per heavy atom. The van der Waals surface area contributed by atoms with Gasteiger partial charge >= 0.3 is 0 Å². The van der Waals surface area contributed by atoms with Gasteiger partial charge in [-0.2, -0.15) is 4.98 Å². The number of hydrogen-bond acceptors (Lipinski definition) is 5. The van der Waals surface area contributed by atoms with E-state index in [4.69, 9.17) is 9.63 Å². The lowest BCUT2D eigenvalue weighted by atomic mass is 10.2. The summed E-state index contributed by atoms with van der Waals surface area (Å²) in [7, 11) is 0. The van der Waals surface area contributed by atoms with Crippen LogP contribution in [0.5, 0.6) is 5.75 Å². The molecule has 0 amide bonds. The highest BCUT2D eigenvalue weighted by Gasteiger charge is 2.14. The van der Waals surface area contributed by atoms with E-state index in [1.165, 1.54) is 12.1 Å². The maximum absolute atomic E-state index is 13.6. The second kappa shape index (κ2) is 4.81. The van der Waals surface area contributed by atoms with Crippen molar-refractivity contribution in [3.63, 3.8) is 0 Å². The standard InChI is InChI=1S/C13H9FN2O2S/c14-11-6-8(17)3-4-10(11)13-15-12(16-18-13)7-9-2-1-5-19-9/h1-6,17H,7H2. The molecular weight excluding hydrogens is 267 g/mol. The van der Waals surface area contributed by atoms with Gasteiger partial charge in [0.15, 0.2) is 5.82 Å². The van der Waals surface area contributed by atoms with Crippen LogP contribution in [0.25, 0.3) is 11.5 Å². The SMILES string of the molecule is Oc1ccc(-c2nc(Cc3cccs3)no2)c(F)c1. The Morgan fingerprint density at radius 1 is 1.32 bits per heavy atom. The van der Waals surface area contributed by atoms with E-state index in [2.05, 4.69) is 10.1 Å². The number of aromatic nitrogens is 2. The molecule has 0 saturated heterocycles. The van der Waals surface area contributed by atoms with Crippen LogP contribution in [0.1, 0.15) is 10.7 Å². The highest BCUT2D eigenvalue weighted by atomic mass is 32.1. The van der Waals surface area contributed by atoms with Gasteiger partial charge in [0.2, 0.25) is 0 Å². The predicted molar refractivity (Wildman–Crippen MR) is 68.5 cm³/mol. The average Bonchev–Trinajstić information content (AvgIpc) is 3.01. The number of thiophene rings is 1. The quantitative estimate of drug-likeness (QED) is 0.797. The van der Waals surface area contributed by atoms with Crippen LogP contribution in [-0.2, 0) is 6.42 Å². The van der Waals surface area contributed by atoms with Gasteiger partial charge in [0.1, 0.15) is 11.6 Å². The van der Waals surface area contributed by atoms with Gasteiger partial charge in [-0.3, -0.25) is 0 Å². The first-order valence-electron chi connectivity index (χ1n) is 5.56. The summed E-state index contributed by atoms with van der Waals surface area (Å²) in [5.74, 6) is -0.111. The van der Waals surface area contributed by atoms with Crippen LogP contribution in [-0.4, -0.2) is 15.2 Å². The van der Waals surface area contributed by atoms with Gasteiger partial charge in [0.05, 0.1) is 5.56 Å². The van der Waals surface area contributed by atoms with Gasteiger partial charge < -0.3 is 9.63 Å². The number of phenolic OH excluding ortho intramolecular Hbond substituents is 1. The lowest BCUT2D eigenvalue weighted by molar-refractivity contribution is 0.421. The summed E-state index contributed by atoms with van der Waals surface area (Å²) in [6.45, 7) is 0. The molecule has 96 valence electrons. The molecule has 0 unspecified atom stereocenters. The van der Waals surface area contributed by atoms with Crippen molar-refractivity contribution in [2.45, 2.75) is 6.42 Å². The fourth-order valence-corrected chi connectivity index (χ4v) is 2.38. The van der Waals surface area contributed by atoms with E-state index < -0.39 is 5.82 Å². The summed E-state index contributed by atoms with van der Waals surface area (Å²) in [5.41, 5.74) is 0.183. The topological polar surface area (TPSA) is 59.2 Å². The second-order valence-electron chi connectivity index (χ2n) is 3.94. The molecule has 1 aromatic carbocycles. The third kappa shape index (κ3) is 2.48. The molecule has 1 N–H and O–H groups in total. The fraction of sp³-hybridized carbons (Fsp3) is 0.0769. The molecule has 0 aliphatic carbocycles. The van der Waals surface area contributed by atoms with Crippen LogP contribution in [0, 0.1) is 5.82 Å². The normalized spacial score (nSPS) is 10.8. The minimum Gasteiger partial charge on any atom is -0.508 e. The van der Waals surface area contributed by atoms with Crippen LogP contribution in [0.4, 0.5) is 4.39 Å². The summed E-state index contributed by atoms with van der Waals surface area (Å²) < 4.78 is 18.7. The molecule has 3 aromatic rings. The molecule has 0 radical (unpaired) electrons. The maximum Gasteiger partial charge on any atom is 0.260 e. The summed E-state index contributed by atoms with van der Waals surface area (Å²) in [6, 6.07) is 7.72. The van der Waals surface area contributed by atoms with E-state index in [1.807, 2.05) is 17.5 Å². The molecular formula is C13H9FN2O2S. The molecule has 19 heavy (non-hydrogen) atoms. The third-order valence-electron chi connectivity index (χ3n) is 2.56. The molecule has 0 fully saturated rings. The zero-order chi connectivity index (χ0) is 13.2. The first-order valence-corrected chi connectivity index (χ1v) is 6.44. The Morgan fingerprint density at radius 3 is 2.95 bits per heavy atom.